The van der Waals surface area contributed by atoms with Gasteiger partial charge in [-0.15, -0.1) is 0 Å². The summed E-state index contributed by atoms with van der Waals surface area (Å²) in [5.74, 6) is 0.287. The number of benzene rings is 3. The first kappa shape index (κ1) is 20.9. The molecule has 4 N–H and O–H groups in total. The highest BCUT2D eigenvalue weighted by Crippen LogP contribution is 2.22. The second-order valence-electron chi connectivity index (χ2n) is 6.60. The lowest BCUT2D eigenvalue weighted by atomic mass is 10.0. The van der Waals surface area contributed by atoms with Crippen LogP contribution in [0.1, 0.15) is 5.56 Å². The van der Waals surface area contributed by atoms with E-state index >= 15 is 0 Å². The molecule has 1 unspecified atom stereocenters. The van der Waals surface area contributed by atoms with Crippen molar-refractivity contribution >= 4 is 23.2 Å². The number of carbonyl (C=O) groups excluding carboxylic acids is 1. The predicted molar refractivity (Wildman–Crippen MR) is 116 cm³/mol. The Kier molecular flexibility index (Phi) is 7.25. The first-order chi connectivity index (χ1) is 14.0. The molecule has 0 radical (unpaired) electrons. The molecular formula is C23H23ClN2O3. The molecule has 0 aliphatic carbocycles. The monoisotopic (exact) mass is 410 g/mol. The van der Waals surface area contributed by atoms with Crippen molar-refractivity contribution in [2.24, 2.45) is 5.73 Å². The van der Waals surface area contributed by atoms with Crippen molar-refractivity contribution in [3.8, 4) is 16.9 Å². The molecule has 0 aromatic heterocycles. The number of anilines is 1. The molecule has 1 atom stereocenters. The maximum Gasteiger partial charge on any atom is 0.243 e. The minimum absolute atomic E-state index is 0.395. The molecule has 29 heavy (non-hydrogen) atoms. The Morgan fingerprint density at radius 1 is 0.966 bits per heavy atom. The van der Waals surface area contributed by atoms with Crippen LogP contribution < -0.4 is 15.8 Å². The Hall–Kier alpha value is -2.86. The molecule has 0 aliphatic heterocycles. The normalized spacial score (nSPS) is 11.7. The van der Waals surface area contributed by atoms with Crippen molar-refractivity contribution < 1.29 is 14.6 Å². The Balaban J connectivity index is 1.48. The van der Waals surface area contributed by atoms with Crippen LogP contribution in [0.2, 0.25) is 5.02 Å². The molecule has 1 amide bonds. The van der Waals surface area contributed by atoms with Gasteiger partial charge in [0.25, 0.3) is 0 Å². The smallest absolute Gasteiger partial charge is 0.243 e. The van der Waals surface area contributed by atoms with Crippen LogP contribution in [-0.4, -0.2) is 30.3 Å². The highest BCUT2D eigenvalue weighted by Gasteiger charge is 2.11. The average molecular weight is 411 g/mol. The topological polar surface area (TPSA) is 84.6 Å². The summed E-state index contributed by atoms with van der Waals surface area (Å²) in [7, 11) is 0. The van der Waals surface area contributed by atoms with E-state index in [2.05, 4.69) is 29.6 Å². The van der Waals surface area contributed by atoms with Crippen LogP contribution in [0.25, 0.3) is 11.1 Å². The summed E-state index contributed by atoms with van der Waals surface area (Å²) < 4.78 is 5.77. The van der Waals surface area contributed by atoms with E-state index < -0.39 is 18.6 Å². The third kappa shape index (κ3) is 6.06. The van der Waals surface area contributed by atoms with Crippen molar-refractivity contribution in [1.29, 1.82) is 0 Å². The van der Waals surface area contributed by atoms with Gasteiger partial charge in [-0.3, -0.25) is 4.79 Å². The maximum atomic E-state index is 11.7. The molecule has 150 valence electrons. The van der Waals surface area contributed by atoms with E-state index in [-0.39, 0.29) is 0 Å². The predicted octanol–water partition coefficient (Wildman–Crippen LogP) is 3.89. The fourth-order valence-corrected chi connectivity index (χ4v) is 2.87. The van der Waals surface area contributed by atoms with E-state index in [1.54, 1.807) is 24.3 Å². The van der Waals surface area contributed by atoms with Crippen LogP contribution in [0.15, 0.2) is 72.8 Å². The molecule has 0 heterocycles. The molecule has 0 fully saturated rings. The van der Waals surface area contributed by atoms with Crippen LogP contribution in [0, 0.1) is 0 Å². The van der Waals surface area contributed by atoms with Gasteiger partial charge in [0.1, 0.15) is 11.8 Å². The second kappa shape index (κ2) is 10.1. The number of nitrogens with one attached hydrogen (secondary N) is 1. The van der Waals surface area contributed by atoms with Crippen LogP contribution in [0.5, 0.6) is 5.75 Å². The lowest BCUT2D eigenvalue weighted by Gasteiger charge is -2.11. The van der Waals surface area contributed by atoms with E-state index in [1.165, 1.54) is 5.56 Å². The highest BCUT2D eigenvalue weighted by molar-refractivity contribution is 6.30. The summed E-state index contributed by atoms with van der Waals surface area (Å²) >= 11 is 5.93. The number of aliphatic hydroxyl groups is 1. The van der Waals surface area contributed by atoms with Gasteiger partial charge < -0.3 is 20.9 Å². The van der Waals surface area contributed by atoms with Crippen molar-refractivity contribution in [2.45, 2.75) is 12.5 Å². The average Bonchev–Trinajstić information content (AvgIpc) is 2.75. The zero-order chi connectivity index (χ0) is 20.6. The van der Waals surface area contributed by atoms with Gasteiger partial charge in [-0.25, -0.2) is 0 Å². The van der Waals surface area contributed by atoms with Crippen LogP contribution >= 0.6 is 11.6 Å². The lowest BCUT2D eigenvalue weighted by molar-refractivity contribution is -0.118. The third-order valence-electron chi connectivity index (χ3n) is 4.45. The second-order valence-corrected chi connectivity index (χ2v) is 7.04. The van der Waals surface area contributed by atoms with E-state index in [9.17, 15) is 4.79 Å². The number of hydrogen-bond donors (Lipinski definition) is 3. The van der Waals surface area contributed by atoms with E-state index in [0.717, 1.165) is 22.6 Å². The van der Waals surface area contributed by atoms with E-state index in [1.807, 2.05) is 24.3 Å². The first-order valence-electron chi connectivity index (χ1n) is 9.30. The summed E-state index contributed by atoms with van der Waals surface area (Å²) in [6.07, 6.45) is 0.782. The fraction of sp³-hybridized carbons (Fsp3) is 0.174. The van der Waals surface area contributed by atoms with Crippen LogP contribution in [0.4, 0.5) is 5.69 Å². The SMILES string of the molecule is NC(CO)C(=O)Nc1ccc(OCCc2ccc(-c3ccc(Cl)cc3)cc2)cc1. The summed E-state index contributed by atoms with van der Waals surface area (Å²) in [6.45, 7) is 0.148. The van der Waals surface area contributed by atoms with Crippen molar-refractivity contribution in [3.05, 3.63) is 83.4 Å². The molecule has 6 heteroatoms. The molecule has 0 spiro atoms. The van der Waals surface area contributed by atoms with Crippen molar-refractivity contribution in [3.63, 3.8) is 0 Å². The van der Waals surface area contributed by atoms with Gasteiger partial charge in [0.05, 0.1) is 13.2 Å². The number of halogens is 1. The molecule has 5 nitrogen and oxygen atoms in total. The molecule has 0 saturated carbocycles. The summed E-state index contributed by atoms with van der Waals surface area (Å²) in [5.41, 5.74) is 9.53. The summed E-state index contributed by atoms with van der Waals surface area (Å²) in [5, 5.41) is 12.3. The molecule has 0 aliphatic rings. The Morgan fingerprint density at radius 2 is 1.55 bits per heavy atom. The molecular weight excluding hydrogens is 388 g/mol. The minimum atomic E-state index is -0.933. The minimum Gasteiger partial charge on any atom is -0.493 e. The Labute approximate surface area is 175 Å². The van der Waals surface area contributed by atoms with Gasteiger partial charge in [0, 0.05) is 17.1 Å². The zero-order valence-electron chi connectivity index (χ0n) is 15.8. The lowest BCUT2D eigenvalue weighted by Crippen LogP contribution is -2.38. The molecule has 0 saturated heterocycles. The Bertz CT molecular complexity index is 926. The van der Waals surface area contributed by atoms with Gasteiger partial charge in [0.2, 0.25) is 5.91 Å². The standard InChI is InChI=1S/C23H23ClN2O3/c24-19-7-5-18(6-8-19)17-3-1-16(2-4-17)13-14-29-21-11-9-20(10-12-21)26-23(28)22(25)15-27/h1-12,22,27H,13-15,25H2,(H,26,28). The molecule has 3 aromatic carbocycles. The number of hydrogen-bond acceptors (Lipinski definition) is 4. The summed E-state index contributed by atoms with van der Waals surface area (Å²) in [4.78, 5) is 11.7. The van der Waals surface area contributed by atoms with Crippen LogP contribution in [0.3, 0.4) is 0 Å². The van der Waals surface area contributed by atoms with Gasteiger partial charge in [-0.2, -0.15) is 0 Å². The number of nitrogens with two attached hydrogens (primary N) is 1. The number of aliphatic hydroxyl groups excluding tert-OH is 1. The quantitative estimate of drug-likeness (QED) is 0.526. The van der Waals surface area contributed by atoms with E-state index in [0.29, 0.717) is 18.0 Å². The van der Waals surface area contributed by atoms with Crippen molar-refractivity contribution in [2.75, 3.05) is 18.5 Å². The van der Waals surface area contributed by atoms with E-state index in [4.69, 9.17) is 27.2 Å². The van der Waals surface area contributed by atoms with Crippen LogP contribution in [-0.2, 0) is 11.2 Å². The molecule has 3 aromatic rings. The van der Waals surface area contributed by atoms with Gasteiger partial charge in [0.15, 0.2) is 0 Å². The van der Waals surface area contributed by atoms with Gasteiger partial charge in [-0.05, 0) is 53.1 Å². The summed E-state index contributed by atoms with van der Waals surface area (Å²) in [6, 6.07) is 22.2. The number of rotatable bonds is 8. The molecule has 3 rings (SSSR count). The fourth-order valence-electron chi connectivity index (χ4n) is 2.75. The van der Waals surface area contributed by atoms with Gasteiger partial charge in [-0.1, -0.05) is 48.0 Å². The largest absolute Gasteiger partial charge is 0.493 e. The zero-order valence-corrected chi connectivity index (χ0v) is 16.6. The first-order valence-corrected chi connectivity index (χ1v) is 9.68. The number of carbonyl (C=O) groups is 1. The molecule has 0 bridgehead atoms. The van der Waals surface area contributed by atoms with Gasteiger partial charge >= 0.3 is 0 Å². The maximum absolute atomic E-state index is 11.7. The number of amides is 1. The number of ether oxygens (including phenoxy) is 1. The Morgan fingerprint density at radius 3 is 2.14 bits per heavy atom. The third-order valence-corrected chi connectivity index (χ3v) is 4.70. The van der Waals surface area contributed by atoms with Crippen molar-refractivity contribution in [1.82, 2.24) is 0 Å². The highest BCUT2D eigenvalue weighted by atomic mass is 35.5.